The van der Waals surface area contributed by atoms with Crippen molar-refractivity contribution in [2.45, 2.75) is 25.6 Å². The maximum Gasteiger partial charge on any atom is 0.141 e. The molecule has 4 heteroatoms. The minimum atomic E-state index is -0.371. The zero-order valence-electron chi connectivity index (χ0n) is 11.7. The van der Waals surface area contributed by atoms with Gasteiger partial charge >= 0.3 is 0 Å². The Kier molecular flexibility index (Phi) is 4.54. The molecule has 0 aromatic heterocycles. The second-order valence-electron chi connectivity index (χ2n) is 5.35. The monoisotopic (exact) mass is 304 g/mol. The lowest BCUT2D eigenvalue weighted by molar-refractivity contribution is 0.495. The zero-order valence-corrected chi connectivity index (χ0v) is 12.5. The van der Waals surface area contributed by atoms with E-state index in [9.17, 15) is 4.39 Å². The molecular weight excluding hydrogens is 287 g/mol. The van der Waals surface area contributed by atoms with E-state index in [4.69, 9.17) is 11.6 Å². The summed E-state index contributed by atoms with van der Waals surface area (Å²) in [5.41, 5.74) is 3.68. The molecular formula is C17H18ClFN2. The lowest BCUT2D eigenvalue weighted by atomic mass is 9.99. The Labute approximate surface area is 129 Å². The van der Waals surface area contributed by atoms with Crippen molar-refractivity contribution in [3.05, 3.63) is 70.0 Å². The van der Waals surface area contributed by atoms with Crippen LogP contribution in [0.3, 0.4) is 0 Å². The van der Waals surface area contributed by atoms with Crippen molar-refractivity contribution in [2.24, 2.45) is 0 Å². The molecule has 110 valence electrons. The predicted molar refractivity (Wildman–Crippen MR) is 83.8 cm³/mol. The van der Waals surface area contributed by atoms with Crippen LogP contribution in [0, 0.1) is 5.82 Å². The first-order valence-corrected chi connectivity index (χ1v) is 7.57. The quantitative estimate of drug-likeness (QED) is 0.901. The Morgan fingerprint density at radius 1 is 1.24 bits per heavy atom. The van der Waals surface area contributed by atoms with Crippen LogP contribution in [0.5, 0.6) is 0 Å². The SMILES string of the molecule is Fc1ccc(CNC2CCNCc3ccccc32)cc1Cl. The summed E-state index contributed by atoms with van der Waals surface area (Å²) >= 11 is 5.83. The van der Waals surface area contributed by atoms with Crippen LogP contribution in [0.2, 0.25) is 5.02 Å². The molecule has 0 saturated heterocycles. The van der Waals surface area contributed by atoms with Crippen molar-refractivity contribution in [1.82, 2.24) is 10.6 Å². The standard InChI is InChI=1S/C17H18ClFN2/c18-15-9-12(5-6-16(15)19)10-21-17-7-8-20-11-13-3-1-2-4-14(13)17/h1-6,9,17,20-21H,7-8,10-11H2. The van der Waals surface area contributed by atoms with Gasteiger partial charge in [0.25, 0.3) is 0 Å². The summed E-state index contributed by atoms with van der Waals surface area (Å²) in [4.78, 5) is 0. The topological polar surface area (TPSA) is 24.1 Å². The van der Waals surface area contributed by atoms with Gasteiger partial charge in [-0.25, -0.2) is 4.39 Å². The molecule has 1 aliphatic rings. The number of halogens is 2. The maximum atomic E-state index is 13.2. The Morgan fingerprint density at radius 3 is 2.95 bits per heavy atom. The van der Waals surface area contributed by atoms with Gasteiger partial charge in [0.2, 0.25) is 0 Å². The highest BCUT2D eigenvalue weighted by molar-refractivity contribution is 6.30. The van der Waals surface area contributed by atoms with Gasteiger partial charge < -0.3 is 10.6 Å². The molecule has 1 atom stereocenters. The number of fused-ring (bicyclic) bond motifs is 1. The van der Waals surface area contributed by atoms with Crippen LogP contribution in [-0.2, 0) is 13.1 Å². The highest BCUT2D eigenvalue weighted by Crippen LogP contribution is 2.24. The summed E-state index contributed by atoms with van der Waals surface area (Å²) in [6.45, 7) is 2.58. The molecule has 2 aromatic carbocycles. The number of nitrogens with one attached hydrogen (secondary N) is 2. The lowest BCUT2D eigenvalue weighted by Crippen LogP contribution is -2.22. The van der Waals surface area contributed by atoms with Crippen molar-refractivity contribution >= 4 is 11.6 Å². The Morgan fingerprint density at radius 2 is 2.10 bits per heavy atom. The van der Waals surface area contributed by atoms with Crippen LogP contribution in [0.25, 0.3) is 0 Å². The minimum absolute atomic E-state index is 0.178. The van der Waals surface area contributed by atoms with Crippen molar-refractivity contribution in [2.75, 3.05) is 6.54 Å². The summed E-state index contributed by atoms with van der Waals surface area (Å²) in [5.74, 6) is -0.371. The van der Waals surface area contributed by atoms with Gasteiger partial charge in [0, 0.05) is 19.1 Å². The molecule has 2 N–H and O–H groups in total. The molecule has 0 spiro atoms. The van der Waals surface area contributed by atoms with Gasteiger partial charge in [-0.15, -0.1) is 0 Å². The molecule has 0 aliphatic carbocycles. The summed E-state index contributed by atoms with van der Waals surface area (Å²) in [6, 6.07) is 13.7. The number of rotatable bonds is 3. The van der Waals surface area contributed by atoms with E-state index in [1.165, 1.54) is 17.2 Å². The van der Waals surface area contributed by atoms with Crippen LogP contribution in [-0.4, -0.2) is 6.54 Å². The summed E-state index contributed by atoms with van der Waals surface area (Å²) < 4.78 is 13.2. The van der Waals surface area contributed by atoms with E-state index >= 15 is 0 Å². The van der Waals surface area contributed by atoms with E-state index in [0.717, 1.165) is 25.1 Å². The van der Waals surface area contributed by atoms with Gasteiger partial charge in [0.1, 0.15) is 5.82 Å². The lowest BCUT2D eigenvalue weighted by Gasteiger charge is -2.19. The molecule has 0 fully saturated rings. The molecule has 1 unspecified atom stereocenters. The van der Waals surface area contributed by atoms with Crippen molar-refractivity contribution in [3.63, 3.8) is 0 Å². The molecule has 1 aliphatic heterocycles. The first kappa shape index (κ1) is 14.5. The van der Waals surface area contributed by atoms with Gasteiger partial charge in [-0.3, -0.25) is 0 Å². The molecule has 0 radical (unpaired) electrons. The van der Waals surface area contributed by atoms with Crippen LogP contribution >= 0.6 is 11.6 Å². The van der Waals surface area contributed by atoms with Crippen LogP contribution in [0.4, 0.5) is 4.39 Å². The Bertz CT molecular complexity index is 630. The van der Waals surface area contributed by atoms with E-state index < -0.39 is 0 Å². The van der Waals surface area contributed by atoms with E-state index in [0.29, 0.717) is 12.6 Å². The molecule has 2 nitrogen and oxygen atoms in total. The fraction of sp³-hybridized carbons (Fsp3) is 0.294. The second-order valence-corrected chi connectivity index (χ2v) is 5.75. The molecule has 1 heterocycles. The van der Waals surface area contributed by atoms with E-state index in [2.05, 4.69) is 34.9 Å². The maximum absolute atomic E-state index is 13.2. The van der Waals surface area contributed by atoms with Gasteiger partial charge in [0.15, 0.2) is 0 Å². The van der Waals surface area contributed by atoms with Crippen LogP contribution in [0.15, 0.2) is 42.5 Å². The largest absolute Gasteiger partial charge is 0.313 e. The Balaban J connectivity index is 1.74. The molecule has 0 saturated carbocycles. The number of benzene rings is 2. The van der Waals surface area contributed by atoms with Gasteiger partial charge in [-0.05, 0) is 41.8 Å². The highest BCUT2D eigenvalue weighted by Gasteiger charge is 2.17. The van der Waals surface area contributed by atoms with E-state index in [1.54, 1.807) is 12.1 Å². The van der Waals surface area contributed by atoms with Crippen LogP contribution in [0.1, 0.15) is 29.2 Å². The fourth-order valence-corrected chi connectivity index (χ4v) is 2.97. The minimum Gasteiger partial charge on any atom is -0.313 e. The van der Waals surface area contributed by atoms with Crippen LogP contribution < -0.4 is 10.6 Å². The second kappa shape index (κ2) is 6.56. The van der Waals surface area contributed by atoms with E-state index in [-0.39, 0.29) is 10.8 Å². The number of hydrogen-bond acceptors (Lipinski definition) is 2. The molecule has 21 heavy (non-hydrogen) atoms. The van der Waals surface area contributed by atoms with Crippen molar-refractivity contribution < 1.29 is 4.39 Å². The molecule has 0 bridgehead atoms. The third-order valence-electron chi connectivity index (χ3n) is 3.89. The van der Waals surface area contributed by atoms with Crippen molar-refractivity contribution in [3.8, 4) is 0 Å². The van der Waals surface area contributed by atoms with Gasteiger partial charge in [-0.1, -0.05) is 41.9 Å². The summed E-state index contributed by atoms with van der Waals surface area (Å²) in [6.07, 6.45) is 1.03. The van der Waals surface area contributed by atoms with Crippen molar-refractivity contribution in [1.29, 1.82) is 0 Å². The summed E-state index contributed by atoms with van der Waals surface area (Å²) in [5, 5.41) is 7.18. The molecule has 0 amide bonds. The van der Waals surface area contributed by atoms with E-state index in [1.807, 2.05) is 0 Å². The zero-order chi connectivity index (χ0) is 14.7. The third-order valence-corrected chi connectivity index (χ3v) is 4.18. The molecule has 2 aromatic rings. The van der Waals surface area contributed by atoms with Gasteiger partial charge in [0.05, 0.1) is 5.02 Å². The molecule has 3 rings (SSSR count). The fourth-order valence-electron chi connectivity index (χ4n) is 2.76. The average Bonchev–Trinajstić information content (AvgIpc) is 2.71. The highest BCUT2D eigenvalue weighted by atomic mass is 35.5. The smallest absolute Gasteiger partial charge is 0.141 e. The predicted octanol–water partition coefficient (Wildman–Crippen LogP) is 3.80. The third kappa shape index (κ3) is 3.43. The average molecular weight is 305 g/mol. The Hall–Kier alpha value is -1.42. The van der Waals surface area contributed by atoms with Gasteiger partial charge in [-0.2, -0.15) is 0 Å². The first-order chi connectivity index (χ1) is 10.2. The summed E-state index contributed by atoms with van der Waals surface area (Å²) in [7, 11) is 0. The number of hydrogen-bond donors (Lipinski definition) is 2. The normalized spacial score (nSPS) is 18.1. The first-order valence-electron chi connectivity index (χ1n) is 7.20.